The Balaban J connectivity index is 1.58. The van der Waals surface area contributed by atoms with Crippen molar-refractivity contribution in [1.29, 1.82) is 0 Å². The van der Waals surface area contributed by atoms with E-state index in [0.29, 0.717) is 49.5 Å². The average molecular weight is 584 g/mol. The summed E-state index contributed by atoms with van der Waals surface area (Å²) < 4.78 is 18.4. The Labute approximate surface area is 244 Å². The first-order valence-corrected chi connectivity index (χ1v) is 14.3. The van der Waals surface area contributed by atoms with Crippen LogP contribution in [0.5, 0.6) is 0 Å². The highest BCUT2D eigenvalue weighted by Crippen LogP contribution is 2.23. The number of carbonyl (C=O) groups excluding carboxylic acids is 3. The number of likely N-dealkylation sites (N-methyl/N-ethyl adjacent to an activating group) is 1. The predicted molar refractivity (Wildman–Crippen MR) is 159 cm³/mol. The first-order valence-electron chi connectivity index (χ1n) is 13.3. The Hall–Kier alpha value is -3.83. The molecule has 0 saturated heterocycles. The maximum atomic E-state index is 13.1. The van der Waals surface area contributed by atoms with Crippen LogP contribution in [0.4, 0.5) is 19.7 Å². The molecular weight excluding hydrogens is 545 g/mol. The van der Waals surface area contributed by atoms with Crippen molar-refractivity contribution in [3.05, 3.63) is 81.6 Å². The molecule has 0 saturated carbocycles. The van der Waals surface area contributed by atoms with Gasteiger partial charge >= 0.3 is 12.1 Å². The number of anilines is 1. The van der Waals surface area contributed by atoms with Crippen LogP contribution in [0.2, 0.25) is 0 Å². The second kappa shape index (κ2) is 14.7. The lowest BCUT2D eigenvalue weighted by molar-refractivity contribution is 0.0635. The van der Waals surface area contributed by atoms with E-state index in [0.717, 1.165) is 11.1 Å². The quantitative estimate of drug-likeness (QED) is 0.278. The van der Waals surface area contributed by atoms with Gasteiger partial charge in [0, 0.05) is 44.2 Å². The fourth-order valence-electron chi connectivity index (χ4n) is 3.80. The Morgan fingerprint density at radius 1 is 1.00 bits per heavy atom. The lowest BCUT2D eigenvalue weighted by Gasteiger charge is -2.25. The van der Waals surface area contributed by atoms with Gasteiger partial charge in [-0.3, -0.25) is 15.1 Å². The third kappa shape index (κ3) is 10.9. The van der Waals surface area contributed by atoms with E-state index in [4.69, 9.17) is 4.74 Å². The van der Waals surface area contributed by atoms with Gasteiger partial charge in [0.25, 0.3) is 0 Å². The number of nitrogens with zero attached hydrogens (tertiary/aromatic N) is 3. The Bertz CT molecular complexity index is 1300. The van der Waals surface area contributed by atoms with E-state index in [9.17, 15) is 18.8 Å². The van der Waals surface area contributed by atoms with Crippen molar-refractivity contribution in [3.63, 3.8) is 0 Å². The molecular formula is C30H38FN5O4S. The number of ketones is 1. The average Bonchev–Trinajstić information content (AvgIpc) is 3.32. The zero-order valence-corrected chi connectivity index (χ0v) is 25.0. The highest BCUT2D eigenvalue weighted by atomic mass is 32.1. The van der Waals surface area contributed by atoms with Gasteiger partial charge in [0.05, 0.1) is 5.69 Å². The van der Waals surface area contributed by atoms with Crippen LogP contribution in [0.15, 0.2) is 53.4 Å². The van der Waals surface area contributed by atoms with Crippen LogP contribution in [0.25, 0.3) is 0 Å². The van der Waals surface area contributed by atoms with Gasteiger partial charge in [-0.1, -0.05) is 18.2 Å². The fraction of sp³-hybridized carbons (Fsp3) is 0.400. The van der Waals surface area contributed by atoms with E-state index in [1.54, 1.807) is 61.5 Å². The van der Waals surface area contributed by atoms with E-state index in [1.807, 2.05) is 24.4 Å². The number of hydrogen-bond donors (Lipinski definition) is 2. The molecule has 0 aliphatic rings. The molecule has 0 unspecified atom stereocenters. The molecule has 0 aliphatic heterocycles. The minimum atomic E-state index is -0.630. The summed E-state index contributed by atoms with van der Waals surface area (Å²) in [5.74, 6) is -0.481. The molecule has 2 heterocycles. The third-order valence-electron chi connectivity index (χ3n) is 5.92. The number of benzene rings is 1. The molecule has 0 spiro atoms. The van der Waals surface area contributed by atoms with Crippen molar-refractivity contribution in [1.82, 2.24) is 20.1 Å². The zero-order valence-electron chi connectivity index (χ0n) is 24.2. The lowest BCUT2D eigenvalue weighted by Crippen LogP contribution is -2.43. The SMILES string of the molecule is CN(C)CCN(Cc1ccc(C(=O)Cc2cscc2NC(=O)OC(C)(C)C)nc1)C(=O)NCCc1ccc(F)cc1. The number of aromatic nitrogens is 1. The van der Waals surface area contributed by atoms with Crippen molar-refractivity contribution < 1.29 is 23.5 Å². The second-order valence-electron chi connectivity index (χ2n) is 10.9. The van der Waals surface area contributed by atoms with E-state index in [1.165, 1.54) is 23.5 Å². The smallest absolute Gasteiger partial charge is 0.412 e. The van der Waals surface area contributed by atoms with Crippen molar-refractivity contribution in [2.24, 2.45) is 0 Å². The molecule has 0 radical (unpaired) electrons. The maximum absolute atomic E-state index is 13.1. The molecule has 0 bridgehead atoms. The van der Waals surface area contributed by atoms with Crippen LogP contribution in [0, 0.1) is 5.82 Å². The number of thiophene rings is 1. The zero-order chi connectivity index (χ0) is 30.0. The molecule has 0 aliphatic carbocycles. The monoisotopic (exact) mass is 583 g/mol. The van der Waals surface area contributed by atoms with E-state index < -0.39 is 11.7 Å². The van der Waals surface area contributed by atoms with Gasteiger partial charge in [0.2, 0.25) is 0 Å². The second-order valence-corrected chi connectivity index (χ2v) is 11.7. The predicted octanol–water partition coefficient (Wildman–Crippen LogP) is 5.37. The summed E-state index contributed by atoms with van der Waals surface area (Å²) in [6.45, 7) is 7.27. The number of nitrogens with one attached hydrogen (secondary N) is 2. The van der Waals surface area contributed by atoms with Gasteiger partial charge in [-0.2, -0.15) is 0 Å². The number of hydrogen-bond acceptors (Lipinski definition) is 7. The summed E-state index contributed by atoms with van der Waals surface area (Å²) in [5, 5.41) is 9.22. The Morgan fingerprint density at radius 3 is 2.34 bits per heavy atom. The standard InChI is InChI=1S/C30H38FN5O4S/c1-30(2,3)40-29(39)34-26-20-41-19-23(26)16-27(37)25-11-8-22(17-33-25)18-36(15-14-35(4)5)28(38)32-13-12-21-6-9-24(31)10-7-21/h6-11,17,19-20H,12-16,18H2,1-5H3,(H,32,38)(H,34,39). The molecule has 0 atom stereocenters. The molecule has 2 aromatic heterocycles. The highest BCUT2D eigenvalue weighted by molar-refractivity contribution is 7.08. The van der Waals surface area contributed by atoms with E-state index in [-0.39, 0.29) is 24.1 Å². The molecule has 1 aromatic carbocycles. The van der Waals surface area contributed by atoms with Gasteiger partial charge in [-0.15, -0.1) is 11.3 Å². The molecule has 3 amide bonds. The van der Waals surface area contributed by atoms with Crippen LogP contribution in [-0.4, -0.2) is 72.0 Å². The van der Waals surface area contributed by atoms with Crippen LogP contribution in [0.1, 0.15) is 48.0 Å². The largest absolute Gasteiger partial charge is 0.444 e. The van der Waals surface area contributed by atoms with Gasteiger partial charge < -0.3 is 19.9 Å². The van der Waals surface area contributed by atoms with Crippen molar-refractivity contribution in [2.45, 2.75) is 45.8 Å². The minimum absolute atomic E-state index is 0.0758. The van der Waals surface area contributed by atoms with Crippen molar-refractivity contribution in [3.8, 4) is 0 Å². The number of ether oxygens (including phenoxy) is 1. The maximum Gasteiger partial charge on any atom is 0.412 e. The van der Waals surface area contributed by atoms with E-state index >= 15 is 0 Å². The fourth-order valence-corrected chi connectivity index (χ4v) is 4.59. The normalized spacial score (nSPS) is 11.3. The molecule has 41 heavy (non-hydrogen) atoms. The van der Waals surface area contributed by atoms with Gasteiger partial charge in [-0.05, 0) is 81.6 Å². The molecule has 3 rings (SSSR count). The number of pyridine rings is 1. The summed E-state index contributed by atoms with van der Waals surface area (Å²) in [4.78, 5) is 46.1. The number of rotatable bonds is 12. The Morgan fingerprint density at radius 2 is 1.71 bits per heavy atom. The number of urea groups is 1. The number of halogens is 1. The Kier molecular flexibility index (Phi) is 11.4. The molecule has 3 aromatic rings. The van der Waals surface area contributed by atoms with Crippen molar-refractivity contribution in [2.75, 3.05) is 39.0 Å². The minimum Gasteiger partial charge on any atom is -0.444 e. The third-order valence-corrected chi connectivity index (χ3v) is 6.71. The number of carbonyl (C=O) groups is 3. The van der Waals surface area contributed by atoms with Gasteiger partial charge in [-0.25, -0.2) is 14.0 Å². The van der Waals surface area contributed by atoms with Gasteiger partial charge in [0.1, 0.15) is 17.1 Å². The summed E-state index contributed by atoms with van der Waals surface area (Å²) in [5.41, 5.74) is 2.61. The number of Topliss-reactive ketones (excluding diaryl/α,β-unsaturated/α-hetero) is 1. The molecule has 220 valence electrons. The summed E-state index contributed by atoms with van der Waals surface area (Å²) >= 11 is 1.38. The molecule has 11 heteroatoms. The molecule has 2 N–H and O–H groups in total. The molecule has 9 nitrogen and oxygen atoms in total. The lowest BCUT2D eigenvalue weighted by atomic mass is 10.1. The summed E-state index contributed by atoms with van der Waals surface area (Å²) in [6.07, 6.45) is 1.69. The van der Waals surface area contributed by atoms with Crippen LogP contribution < -0.4 is 10.6 Å². The number of amides is 3. The van der Waals surface area contributed by atoms with Gasteiger partial charge in [0.15, 0.2) is 5.78 Å². The van der Waals surface area contributed by atoms with Crippen LogP contribution in [0.3, 0.4) is 0 Å². The topological polar surface area (TPSA) is 104 Å². The molecule has 0 fully saturated rings. The first-order chi connectivity index (χ1) is 19.4. The summed E-state index contributed by atoms with van der Waals surface area (Å²) in [7, 11) is 3.88. The van der Waals surface area contributed by atoms with Crippen molar-refractivity contribution >= 4 is 34.9 Å². The highest BCUT2D eigenvalue weighted by Gasteiger charge is 2.19. The summed E-state index contributed by atoms with van der Waals surface area (Å²) in [6, 6.07) is 9.46. The van der Waals surface area contributed by atoms with Crippen LogP contribution >= 0.6 is 11.3 Å². The van der Waals surface area contributed by atoms with Crippen LogP contribution in [-0.2, 0) is 24.1 Å². The first kappa shape index (κ1) is 31.7. The van der Waals surface area contributed by atoms with E-state index in [2.05, 4.69) is 15.6 Å².